The van der Waals surface area contributed by atoms with E-state index >= 15 is 0 Å². The molecule has 0 aliphatic rings. The Bertz CT molecular complexity index is 73.6. The molecule has 0 saturated heterocycles. The summed E-state index contributed by atoms with van der Waals surface area (Å²) in [6.07, 6.45) is 2.88. The normalized spacial score (nSPS) is 9.50. The van der Waals surface area contributed by atoms with Crippen molar-refractivity contribution < 1.29 is 0 Å². The van der Waals surface area contributed by atoms with Crippen molar-refractivity contribution in [3.8, 4) is 0 Å². The molecule has 0 heterocycles. The molecule has 0 aliphatic heterocycles. The van der Waals surface area contributed by atoms with E-state index in [0.29, 0.717) is 5.71 Å². The lowest BCUT2D eigenvalue weighted by atomic mass is 10.4. The largest absolute Gasteiger partial charge is 0.405 e. The maximum absolute atomic E-state index is 6.73. The molecule has 0 aliphatic carbocycles. The SMILES string of the molecule is CC(=N)/C=C\N. The monoisotopic (exact) mass is 84.1 g/mol. The highest BCUT2D eigenvalue weighted by molar-refractivity contribution is 5.89. The van der Waals surface area contributed by atoms with Gasteiger partial charge in [-0.05, 0) is 19.2 Å². The first kappa shape index (κ1) is 5.21. The Labute approximate surface area is 37.2 Å². The molecule has 0 rings (SSSR count). The zero-order chi connectivity index (χ0) is 4.99. The van der Waals surface area contributed by atoms with Crippen molar-refractivity contribution in [2.24, 2.45) is 5.73 Å². The molecule has 0 aromatic rings. The maximum Gasteiger partial charge on any atom is 0.0297 e. The van der Waals surface area contributed by atoms with Crippen molar-refractivity contribution in [2.45, 2.75) is 6.92 Å². The van der Waals surface area contributed by atoms with Gasteiger partial charge in [0.1, 0.15) is 0 Å². The third-order valence-electron chi connectivity index (χ3n) is 0.346. The lowest BCUT2D eigenvalue weighted by Crippen LogP contribution is -1.82. The number of nitrogens with two attached hydrogens (primary N) is 1. The number of hydrogen-bond donors (Lipinski definition) is 2. The van der Waals surface area contributed by atoms with Gasteiger partial charge in [-0.25, -0.2) is 0 Å². The average Bonchev–Trinajstić information content (AvgIpc) is 1.35. The van der Waals surface area contributed by atoms with Crippen molar-refractivity contribution >= 4 is 5.71 Å². The first-order valence-electron chi connectivity index (χ1n) is 1.71. The average molecular weight is 84.1 g/mol. The van der Waals surface area contributed by atoms with Gasteiger partial charge in [0.05, 0.1) is 0 Å². The Morgan fingerprint density at radius 2 is 2.33 bits per heavy atom. The third-order valence-corrected chi connectivity index (χ3v) is 0.346. The minimum absolute atomic E-state index is 0.484. The van der Waals surface area contributed by atoms with Crippen LogP contribution in [0.25, 0.3) is 0 Å². The molecule has 6 heavy (non-hydrogen) atoms. The summed E-state index contributed by atoms with van der Waals surface area (Å²) in [5.74, 6) is 0. The first-order chi connectivity index (χ1) is 2.77. The molecule has 0 spiro atoms. The number of nitrogens with one attached hydrogen (secondary N) is 1. The van der Waals surface area contributed by atoms with Crippen molar-refractivity contribution in [1.82, 2.24) is 0 Å². The summed E-state index contributed by atoms with van der Waals surface area (Å²) in [7, 11) is 0. The molecular weight excluding hydrogens is 76.1 g/mol. The molecule has 0 aromatic heterocycles. The Balaban J connectivity index is 3.30. The fraction of sp³-hybridized carbons (Fsp3) is 0.250. The van der Waals surface area contributed by atoms with E-state index in [2.05, 4.69) is 0 Å². The summed E-state index contributed by atoms with van der Waals surface area (Å²) in [5, 5.41) is 6.73. The zero-order valence-electron chi connectivity index (χ0n) is 3.73. The summed E-state index contributed by atoms with van der Waals surface area (Å²) < 4.78 is 0. The third kappa shape index (κ3) is 3.21. The molecule has 2 nitrogen and oxygen atoms in total. The second kappa shape index (κ2) is 2.45. The second-order valence-corrected chi connectivity index (χ2v) is 1.04. The predicted octanol–water partition coefficient (Wildman–Crippen LogP) is 0.498. The van der Waals surface area contributed by atoms with Crippen LogP contribution in [0.2, 0.25) is 0 Å². The van der Waals surface area contributed by atoms with Crippen LogP contribution < -0.4 is 5.73 Å². The highest BCUT2D eigenvalue weighted by atomic mass is 14.5. The minimum Gasteiger partial charge on any atom is -0.405 e. The highest BCUT2D eigenvalue weighted by Gasteiger charge is 1.67. The van der Waals surface area contributed by atoms with Crippen LogP contribution in [0.15, 0.2) is 12.3 Å². The van der Waals surface area contributed by atoms with Gasteiger partial charge in [-0.1, -0.05) is 0 Å². The van der Waals surface area contributed by atoms with E-state index in [0.717, 1.165) is 0 Å². The Morgan fingerprint density at radius 3 is 2.33 bits per heavy atom. The Kier molecular flexibility index (Phi) is 2.13. The van der Waals surface area contributed by atoms with Gasteiger partial charge in [0.15, 0.2) is 0 Å². The van der Waals surface area contributed by atoms with E-state index < -0.39 is 0 Å². The van der Waals surface area contributed by atoms with Crippen molar-refractivity contribution in [3.63, 3.8) is 0 Å². The zero-order valence-corrected chi connectivity index (χ0v) is 3.73. The van der Waals surface area contributed by atoms with Crippen LogP contribution in [0.1, 0.15) is 6.92 Å². The summed E-state index contributed by atoms with van der Waals surface area (Å²) in [6, 6.07) is 0. The molecule has 0 bridgehead atoms. The molecule has 0 radical (unpaired) electrons. The molecular formula is C4H8N2. The number of hydrogen-bond acceptors (Lipinski definition) is 2. The van der Waals surface area contributed by atoms with Gasteiger partial charge >= 0.3 is 0 Å². The molecule has 0 aromatic carbocycles. The molecule has 3 N–H and O–H groups in total. The predicted molar refractivity (Wildman–Crippen MR) is 26.7 cm³/mol. The fourth-order valence-electron chi connectivity index (χ4n) is 0.144. The van der Waals surface area contributed by atoms with Crippen LogP contribution in [-0.2, 0) is 0 Å². The van der Waals surface area contributed by atoms with Crippen LogP contribution in [0.5, 0.6) is 0 Å². The van der Waals surface area contributed by atoms with Gasteiger partial charge in [0.2, 0.25) is 0 Å². The molecule has 0 atom stereocenters. The summed E-state index contributed by atoms with van der Waals surface area (Å²) in [5.41, 5.74) is 5.39. The second-order valence-electron chi connectivity index (χ2n) is 1.04. The van der Waals surface area contributed by atoms with E-state index in [4.69, 9.17) is 11.1 Å². The van der Waals surface area contributed by atoms with Crippen LogP contribution in [-0.4, -0.2) is 5.71 Å². The van der Waals surface area contributed by atoms with E-state index in [1.54, 1.807) is 6.92 Å². The lowest BCUT2D eigenvalue weighted by molar-refractivity contribution is 1.48. The standard InChI is InChI=1S/C4H8N2/c1-4(6)2-3-5/h2-3,6H,5H2,1H3/b3-2-,6-4?. The quantitative estimate of drug-likeness (QED) is 0.446. The molecule has 0 fully saturated rings. The number of rotatable bonds is 1. The number of allylic oxidation sites excluding steroid dienone is 1. The van der Waals surface area contributed by atoms with Gasteiger partial charge in [-0.15, -0.1) is 0 Å². The smallest absolute Gasteiger partial charge is 0.0297 e. The topological polar surface area (TPSA) is 49.9 Å². The van der Waals surface area contributed by atoms with Crippen LogP contribution in [0.3, 0.4) is 0 Å². The van der Waals surface area contributed by atoms with Crippen LogP contribution in [0, 0.1) is 5.41 Å². The fourth-order valence-corrected chi connectivity index (χ4v) is 0.144. The van der Waals surface area contributed by atoms with Gasteiger partial charge < -0.3 is 11.1 Å². The first-order valence-corrected chi connectivity index (χ1v) is 1.71. The molecule has 2 heteroatoms. The van der Waals surface area contributed by atoms with E-state index in [-0.39, 0.29) is 0 Å². The van der Waals surface area contributed by atoms with Gasteiger partial charge in [0.25, 0.3) is 0 Å². The van der Waals surface area contributed by atoms with E-state index in [9.17, 15) is 0 Å². The van der Waals surface area contributed by atoms with Crippen LogP contribution >= 0.6 is 0 Å². The molecule has 0 saturated carbocycles. The van der Waals surface area contributed by atoms with Crippen LogP contribution in [0.4, 0.5) is 0 Å². The van der Waals surface area contributed by atoms with E-state index in [1.807, 2.05) is 0 Å². The van der Waals surface area contributed by atoms with Crippen molar-refractivity contribution in [3.05, 3.63) is 12.3 Å². The molecule has 0 unspecified atom stereocenters. The highest BCUT2D eigenvalue weighted by Crippen LogP contribution is 1.66. The molecule has 34 valence electrons. The lowest BCUT2D eigenvalue weighted by Gasteiger charge is -1.74. The van der Waals surface area contributed by atoms with E-state index in [1.165, 1.54) is 12.3 Å². The van der Waals surface area contributed by atoms with Crippen molar-refractivity contribution in [2.75, 3.05) is 0 Å². The summed E-state index contributed by atoms with van der Waals surface area (Å²) in [4.78, 5) is 0. The summed E-state index contributed by atoms with van der Waals surface area (Å²) >= 11 is 0. The maximum atomic E-state index is 6.73. The molecule has 0 amide bonds. The summed E-state index contributed by atoms with van der Waals surface area (Å²) in [6.45, 7) is 1.67. The van der Waals surface area contributed by atoms with Gasteiger partial charge in [0, 0.05) is 5.71 Å². The van der Waals surface area contributed by atoms with Gasteiger partial charge in [-0.3, -0.25) is 0 Å². The van der Waals surface area contributed by atoms with Crippen molar-refractivity contribution in [1.29, 1.82) is 5.41 Å². The Hall–Kier alpha value is -0.790. The minimum atomic E-state index is 0.484. The Morgan fingerprint density at radius 1 is 1.83 bits per heavy atom. The van der Waals surface area contributed by atoms with Gasteiger partial charge in [-0.2, -0.15) is 0 Å².